The minimum atomic E-state index is -1.03. The fourth-order valence-corrected chi connectivity index (χ4v) is 7.16. The van der Waals surface area contributed by atoms with Crippen molar-refractivity contribution in [3.63, 3.8) is 0 Å². The van der Waals surface area contributed by atoms with E-state index in [0.717, 1.165) is 43.2 Å². The van der Waals surface area contributed by atoms with Crippen molar-refractivity contribution < 1.29 is 29.1 Å². The number of carbonyl (C=O) groups is 5. The Kier molecular flexibility index (Phi) is 12.2. The standard InChI is InChI=1S/C37H47N7O6/c1-3-32(46)40-31(36(48)42-20-21-43(37(49)50)30(24-42)22-26-10-6-4-7-11-26)23-27-14-16-29(17-15-27)39-35(47)34(28-12-8-5-9-13-28)44(25-45)33-18-19-38-41(33)2/h4,6-7,10-11,14-19,25,28,30-31,34H,3,5,8-9,12-13,20-24H2,1-2H3,(H,39,47)(H,40,46)(H,49,50)/t30-,31-,34+/m1/s1. The Bertz CT molecular complexity index is 1620. The summed E-state index contributed by atoms with van der Waals surface area (Å²) in [6.45, 7) is 2.32. The Morgan fingerprint density at radius 3 is 2.32 bits per heavy atom. The molecule has 0 unspecified atom stereocenters. The largest absolute Gasteiger partial charge is 0.465 e. The van der Waals surface area contributed by atoms with Gasteiger partial charge in [0, 0.05) is 51.3 Å². The zero-order chi connectivity index (χ0) is 35.6. The van der Waals surface area contributed by atoms with Gasteiger partial charge in [-0.2, -0.15) is 5.10 Å². The third-order valence-corrected chi connectivity index (χ3v) is 9.81. The Morgan fingerprint density at radius 2 is 1.70 bits per heavy atom. The molecule has 2 aliphatic rings. The number of nitrogens with one attached hydrogen (secondary N) is 2. The summed E-state index contributed by atoms with van der Waals surface area (Å²) in [4.78, 5) is 69.2. The average Bonchev–Trinajstić information content (AvgIpc) is 3.56. The van der Waals surface area contributed by atoms with Crippen LogP contribution in [0.4, 0.5) is 16.3 Å². The highest BCUT2D eigenvalue weighted by atomic mass is 16.4. The molecule has 266 valence electrons. The highest BCUT2D eigenvalue weighted by Gasteiger charge is 2.37. The number of rotatable bonds is 13. The second kappa shape index (κ2) is 17.0. The van der Waals surface area contributed by atoms with Crippen LogP contribution >= 0.6 is 0 Å². The molecule has 50 heavy (non-hydrogen) atoms. The van der Waals surface area contributed by atoms with Crippen LogP contribution < -0.4 is 15.5 Å². The lowest BCUT2D eigenvalue weighted by Crippen LogP contribution is -2.60. The van der Waals surface area contributed by atoms with E-state index in [4.69, 9.17) is 0 Å². The second-order valence-electron chi connectivity index (χ2n) is 13.1. The number of hydrogen-bond acceptors (Lipinski definition) is 6. The highest BCUT2D eigenvalue weighted by molar-refractivity contribution is 6.00. The first-order valence-corrected chi connectivity index (χ1v) is 17.4. The summed E-state index contributed by atoms with van der Waals surface area (Å²) >= 11 is 0. The third kappa shape index (κ3) is 8.87. The van der Waals surface area contributed by atoms with Gasteiger partial charge >= 0.3 is 6.09 Å². The molecule has 3 N–H and O–H groups in total. The third-order valence-electron chi connectivity index (χ3n) is 9.81. The van der Waals surface area contributed by atoms with E-state index in [0.29, 0.717) is 24.3 Å². The van der Waals surface area contributed by atoms with E-state index >= 15 is 0 Å². The van der Waals surface area contributed by atoms with Crippen molar-refractivity contribution in [1.82, 2.24) is 24.9 Å². The summed E-state index contributed by atoms with van der Waals surface area (Å²) in [7, 11) is 1.74. The maximum Gasteiger partial charge on any atom is 0.407 e. The van der Waals surface area contributed by atoms with Gasteiger partial charge < -0.3 is 25.5 Å². The van der Waals surface area contributed by atoms with Gasteiger partial charge in [-0.25, -0.2) is 4.79 Å². The number of piperazine rings is 1. The number of aromatic nitrogens is 2. The predicted octanol–water partition coefficient (Wildman–Crippen LogP) is 3.84. The Hall–Kier alpha value is -5.20. The SMILES string of the molecule is CCC(=O)N[C@H](Cc1ccc(NC(=O)[C@H](C2CCCCC2)N(C=O)c2ccnn2C)cc1)C(=O)N1CCN(C(=O)O)[C@H](Cc2ccccc2)C1. The van der Waals surface area contributed by atoms with E-state index in [-0.39, 0.29) is 56.1 Å². The summed E-state index contributed by atoms with van der Waals surface area (Å²) in [6, 6.07) is 16.4. The fourth-order valence-electron chi connectivity index (χ4n) is 7.16. The average molecular weight is 686 g/mol. The molecule has 0 bridgehead atoms. The molecule has 2 fully saturated rings. The minimum Gasteiger partial charge on any atom is -0.465 e. The summed E-state index contributed by atoms with van der Waals surface area (Å²) in [6.07, 6.45) is 6.94. The molecule has 1 aliphatic carbocycles. The van der Waals surface area contributed by atoms with Crippen molar-refractivity contribution in [2.75, 3.05) is 29.9 Å². The molecular weight excluding hydrogens is 638 g/mol. The molecule has 0 spiro atoms. The van der Waals surface area contributed by atoms with Crippen molar-refractivity contribution >= 4 is 41.7 Å². The topological polar surface area (TPSA) is 157 Å². The molecule has 1 aliphatic heterocycles. The van der Waals surface area contributed by atoms with E-state index in [1.165, 1.54) is 9.80 Å². The number of nitrogens with zero attached hydrogens (tertiary/aromatic N) is 5. The monoisotopic (exact) mass is 685 g/mol. The molecule has 2 aromatic carbocycles. The number of carboxylic acid groups (broad SMARTS) is 1. The van der Waals surface area contributed by atoms with Gasteiger partial charge in [-0.05, 0) is 48.4 Å². The van der Waals surface area contributed by atoms with Gasteiger partial charge in [-0.3, -0.25) is 28.8 Å². The second-order valence-corrected chi connectivity index (χ2v) is 13.1. The molecule has 1 aromatic heterocycles. The van der Waals surface area contributed by atoms with Crippen LogP contribution in [0.1, 0.15) is 56.6 Å². The van der Waals surface area contributed by atoms with E-state index in [2.05, 4.69) is 15.7 Å². The number of hydrogen-bond donors (Lipinski definition) is 3. The smallest absolute Gasteiger partial charge is 0.407 e. The number of anilines is 2. The van der Waals surface area contributed by atoms with Crippen LogP contribution in [-0.4, -0.2) is 92.7 Å². The van der Waals surface area contributed by atoms with Crippen molar-refractivity contribution in [1.29, 1.82) is 0 Å². The first-order chi connectivity index (χ1) is 24.2. The molecule has 3 atom stereocenters. The number of aryl methyl sites for hydroxylation is 1. The van der Waals surface area contributed by atoms with Crippen LogP contribution in [0.25, 0.3) is 0 Å². The minimum absolute atomic E-state index is 0.00160. The van der Waals surface area contributed by atoms with Gasteiger partial charge in [0.15, 0.2) is 0 Å². The van der Waals surface area contributed by atoms with E-state index in [1.807, 2.05) is 42.5 Å². The number of amides is 5. The maximum atomic E-state index is 13.9. The summed E-state index contributed by atoms with van der Waals surface area (Å²) in [5, 5.41) is 19.9. The van der Waals surface area contributed by atoms with Crippen LogP contribution in [0.5, 0.6) is 0 Å². The molecular formula is C37H47N7O6. The Morgan fingerprint density at radius 1 is 0.980 bits per heavy atom. The van der Waals surface area contributed by atoms with Crippen LogP contribution in [0, 0.1) is 5.92 Å². The molecule has 13 nitrogen and oxygen atoms in total. The quantitative estimate of drug-likeness (QED) is 0.231. The van der Waals surface area contributed by atoms with E-state index in [9.17, 15) is 29.1 Å². The van der Waals surface area contributed by atoms with Gasteiger partial charge in [0.05, 0.1) is 12.2 Å². The van der Waals surface area contributed by atoms with Crippen molar-refractivity contribution in [3.8, 4) is 0 Å². The zero-order valence-corrected chi connectivity index (χ0v) is 28.7. The van der Waals surface area contributed by atoms with Crippen molar-refractivity contribution in [2.45, 2.75) is 76.4 Å². The fraction of sp³-hybridized carbons (Fsp3) is 0.459. The van der Waals surface area contributed by atoms with E-state index < -0.39 is 24.2 Å². The lowest BCUT2D eigenvalue weighted by atomic mass is 9.82. The first kappa shape index (κ1) is 36.1. The number of benzene rings is 2. The number of carbonyl (C=O) groups excluding carboxylic acids is 4. The van der Waals surface area contributed by atoms with Crippen molar-refractivity contribution in [2.24, 2.45) is 13.0 Å². The van der Waals surface area contributed by atoms with Crippen LogP contribution in [0.2, 0.25) is 0 Å². The zero-order valence-electron chi connectivity index (χ0n) is 28.7. The lowest BCUT2D eigenvalue weighted by molar-refractivity contribution is -0.138. The van der Waals surface area contributed by atoms with Gasteiger partial charge in [-0.1, -0.05) is 68.7 Å². The van der Waals surface area contributed by atoms with Crippen LogP contribution in [0.15, 0.2) is 66.9 Å². The molecule has 5 rings (SSSR count). The molecule has 2 heterocycles. The molecule has 5 amide bonds. The predicted molar refractivity (Wildman–Crippen MR) is 188 cm³/mol. The maximum absolute atomic E-state index is 13.9. The van der Waals surface area contributed by atoms with Crippen LogP contribution in [-0.2, 0) is 39.1 Å². The summed E-state index contributed by atoms with van der Waals surface area (Å²) in [5.74, 6) is -0.277. The van der Waals surface area contributed by atoms with Gasteiger partial charge in [-0.15, -0.1) is 0 Å². The van der Waals surface area contributed by atoms with Crippen LogP contribution in [0.3, 0.4) is 0 Å². The molecule has 13 heteroatoms. The van der Waals surface area contributed by atoms with Gasteiger partial charge in [0.25, 0.3) is 0 Å². The van der Waals surface area contributed by atoms with Crippen molar-refractivity contribution in [3.05, 3.63) is 78.0 Å². The van der Waals surface area contributed by atoms with Gasteiger partial charge in [0.2, 0.25) is 24.1 Å². The normalized spacial score (nSPS) is 17.8. The molecule has 1 saturated carbocycles. The highest BCUT2D eigenvalue weighted by Crippen LogP contribution is 2.32. The first-order valence-electron chi connectivity index (χ1n) is 17.4. The Balaban J connectivity index is 1.29. The molecule has 0 radical (unpaired) electrons. The molecule has 3 aromatic rings. The van der Waals surface area contributed by atoms with E-state index in [1.54, 1.807) is 47.9 Å². The lowest BCUT2D eigenvalue weighted by Gasteiger charge is -2.41. The summed E-state index contributed by atoms with van der Waals surface area (Å²) in [5.41, 5.74) is 2.29. The Labute approximate surface area is 292 Å². The summed E-state index contributed by atoms with van der Waals surface area (Å²) < 4.78 is 1.58. The molecule has 1 saturated heterocycles. The van der Waals surface area contributed by atoms with Gasteiger partial charge in [0.1, 0.15) is 17.9 Å².